The van der Waals surface area contributed by atoms with Gasteiger partial charge < -0.3 is 64.2 Å². The summed E-state index contributed by atoms with van der Waals surface area (Å²) in [6.07, 6.45) is -1.59. The van der Waals surface area contributed by atoms with E-state index in [0.29, 0.717) is 94.7 Å². The van der Waals surface area contributed by atoms with Crippen molar-refractivity contribution in [2.75, 3.05) is 69.4 Å². The molecule has 3 aromatic heterocycles. The van der Waals surface area contributed by atoms with Crippen LogP contribution >= 0.6 is 11.3 Å². The number of aryl methyl sites for hydroxylation is 1. The summed E-state index contributed by atoms with van der Waals surface area (Å²) in [6, 6.07) is 25.8. The van der Waals surface area contributed by atoms with Gasteiger partial charge in [0.05, 0.1) is 65.6 Å². The Labute approximate surface area is 652 Å². The second-order valence-corrected chi connectivity index (χ2v) is 35.4. The van der Waals surface area contributed by atoms with E-state index in [-0.39, 0.29) is 91.4 Å². The van der Waals surface area contributed by atoms with Crippen LogP contribution in [0.25, 0.3) is 43.4 Å². The number of imide groups is 1. The number of benzene rings is 4. The monoisotopic (exact) mass is 1620 g/mol. The first kappa shape index (κ1) is 81.4. The third kappa shape index (κ3) is 18.2. The molecule has 7 aromatic rings. The van der Waals surface area contributed by atoms with Gasteiger partial charge in [0.15, 0.2) is 16.9 Å². The number of hydrogen-bond donors (Lipinski definition) is 9. The van der Waals surface area contributed by atoms with E-state index in [1.54, 1.807) is 36.5 Å². The number of carboxylic acid groups (broad SMARTS) is 2. The summed E-state index contributed by atoms with van der Waals surface area (Å²) in [5.41, 5.74) is 1.07. The van der Waals surface area contributed by atoms with E-state index in [1.807, 2.05) is 60.1 Å². The highest BCUT2D eigenvalue weighted by atomic mass is 32.2. The van der Waals surface area contributed by atoms with Crippen LogP contribution in [0.1, 0.15) is 109 Å². The van der Waals surface area contributed by atoms with Gasteiger partial charge >= 0.3 is 18.0 Å². The van der Waals surface area contributed by atoms with Crippen LogP contribution in [0.3, 0.4) is 0 Å². The summed E-state index contributed by atoms with van der Waals surface area (Å²) in [5.74, 6) is -7.01. The number of amides is 5. The lowest BCUT2D eigenvalue weighted by Crippen LogP contribution is -2.64. The number of aliphatic carboxylic acids is 1. The number of likely N-dealkylation sites (tertiary alicyclic amines) is 1. The Morgan fingerprint density at radius 2 is 1.54 bits per heavy atom. The molecule has 4 bridgehead atoms. The lowest BCUT2D eigenvalue weighted by Gasteiger charge is -2.69. The highest BCUT2D eigenvalue weighted by molar-refractivity contribution is 7.86. The number of carboxylic acids is 2. The van der Waals surface area contributed by atoms with Gasteiger partial charge in [-0.25, -0.2) is 24.4 Å². The number of carbonyl (C=O) groups is 8. The molecule has 9 N–H and O–H groups in total. The van der Waals surface area contributed by atoms with Crippen LogP contribution in [0, 0.1) is 23.2 Å². The number of nitrogens with zero attached hydrogens (tertiary/aromatic N) is 7. The van der Waals surface area contributed by atoms with Crippen molar-refractivity contribution in [2.24, 2.45) is 16.2 Å². The molecule has 3 aliphatic heterocycles. The zero-order chi connectivity index (χ0) is 80.7. The predicted octanol–water partition coefficient (Wildman–Crippen LogP) is 5.85. The Morgan fingerprint density at radius 3 is 2.25 bits per heavy atom. The van der Waals surface area contributed by atoms with E-state index in [4.69, 9.17) is 33.8 Å². The van der Waals surface area contributed by atoms with Gasteiger partial charge in [0, 0.05) is 84.4 Å². The lowest BCUT2D eigenvalue weighted by molar-refractivity contribution is -0.271. The van der Waals surface area contributed by atoms with Crippen molar-refractivity contribution < 1.29 is 114 Å². The first-order chi connectivity index (χ1) is 53.5. The molecule has 113 heavy (non-hydrogen) atoms. The number of nitrogens with one attached hydrogen (secondary N) is 2. The second-order valence-electron chi connectivity index (χ2n) is 31.2. The van der Waals surface area contributed by atoms with Crippen molar-refractivity contribution in [2.45, 2.75) is 146 Å². The number of aliphatic hydroxyl groups is 3. The SMILES string of the molecule is Cc1c(-c2ccc(-c3ccc4cccc(C(=O)Nc5nc6ccccc6s5)c4c3)nc2C(=O)O)cnn1CC12CC3(C)CC(C)(C1)CC(OCCN(CCS(=O)(=O)O)C(=O)OCc1ccc(CCCCNC(=O)CN4C[C@](C=O)(N5C(=O)C=CC5=O)C[C@H]4COCCS(=O)(=O)O)cc1O[C@@H]1O[C@H](C(=O)O)[C@@H](O)[C@H](O)[C@H]1O)(C3)C2. The number of rotatable bonds is 33. The number of pyridine rings is 1. The predicted molar refractivity (Wildman–Crippen MR) is 405 cm³/mol. The molecular weight excluding hydrogens is 1530 g/mol. The van der Waals surface area contributed by atoms with Crippen LogP contribution in [-0.2, 0) is 82.7 Å². The Balaban J connectivity index is 0.663. The molecule has 33 nitrogen and oxygen atoms in total. The smallest absolute Gasteiger partial charge is 0.410 e. The maximum Gasteiger partial charge on any atom is 0.410 e. The minimum atomic E-state index is -4.65. The van der Waals surface area contributed by atoms with Crippen LogP contribution in [0.4, 0.5) is 9.93 Å². The molecule has 4 aliphatic carbocycles. The molecule has 0 spiro atoms. The van der Waals surface area contributed by atoms with Crippen LogP contribution in [0.15, 0.2) is 109 Å². The molecule has 9 atom stereocenters. The van der Waals surface area contributed by atoms with Gasteiger partial charge in [-0.15, -0.1) is 0 Å². The maximum absolute atomic E-state index is 14.3. The van der Waals surface area contributed by atoms with Crippen molar-refractivity contribution in [1.82, 2.24) is 39.8 Å². The Morgan fingerprint density at radius 1 is 0.796 bits per heavy atom. The number of aliphatic hydroxyl groups excluding tert-OH is 3. The average Bonchev–Trinajstić information content (AvgIpc) is 1.40. The third-order valence-corrected chi connectivity index (χ3v) is 24.5. The maximum atomic E-state index is 14.3. The number of ether oxygens (including phenoxy) is 5. The molecule has 6 fully saturated rings. The number of fused-ring (bicyclic) bond motifs is 2. The fourth-order valence-electron chi connectivity index (χ4n) is 18.3. The minimum Gasteiger partial charge on any atom is -0.479 e. The molecule has 602 valence electrons. The van der Waals surface area contributed by atoms with Crippen molar-refractivity contribution in [3.63, 3.8) is 0 Å². The second kappa shape index (κ2) is 32.4. The Hall–Kier alpha value is -9.57. The molecule has 36 heteroatoms. The van der Waals surface area contributed by atoms with Gasteiger partial charge in [-0.1, -0.05) is 73.7 Å². The zero-order valence-electron chi connectivity index (χ0n) is 61.9. The number of thiazole rings is 1. The number of hydrogen-bond acceptors (Lipinski definition) is 25. The third-order valence-electron chi connectivity index (χ3n) is 22.2. The highest BCUT2D eigenvalue weighted by Gasteiger charge is 2.66. The van der Waals surface area contributed by atoms with E-state index in [1.165, 1.54) is 28.4 Å². The number of unbranched alkanes of at least 4 members (excludes halogenated alkanes) is 1. The lowest BCUT2D eigenvalue weighted by atomic mass is 9.39. The summed E-state index contributed by atoms with van der Waals surface area (Å²) >= 11 is 1.36. The van der Waals surface area contributed by atoms with Crippen molar-refractivity contribution in [3.05, 3.63) is 137 Å². The molecule has 4 aromatic carbocycles. The number of anilines is 1. The first-order valence-corrected chi connectivity index (χ1v) is 40.8. The standard InChI is InChI=1S/C77H87N9O24S3/c1-45-54(51-18-19-55(80-62(51)68(95)96)48-17-16-47-10-8-11-52(53(47)30-48)67(94)82-71-81-56-12-4-5-13-58(56)111-71)32-79-85(45)42-75-37-73(2)36-74(3,38-75)40-77(39-73,41-75)108-25-23-83(24-27-112(100,101)102)72(99)107-34-49-15-14-46(29-57(49)109-70-65(93)63(91)64(92)66(110-70)69(97)98)9-6-7-22-78-59(88)33-84-43-76(44-87,86-60(89)20-21-61(86)90)31-50(84)35-106-26-28-113(103,104)105/h4-5,8,10-21,29-30,32,44,50,63-66,70,91-93H,6-7,9,22-28,31,33-43H2,1-3H3,(H,78,88)(H,95,96)(H,97,98)(H,81,82,94)(H,100,101,102)(H,103,104,105)/t50-,63-,64-,65+,66-,70+,73?,74?,75?,76+,77?/m0/s1. The summed E-state index contributed by atoms with van der Waals surface area (Å²) in [6.45, 7) is 4.29. The number of aromatic nitrogens is 4. The van der Waals surface area contributed by atoms with E-state index in [2.05, 4.69) is 29.5 Å². The van der Waals surface area contributed by atoms with Crippen molar-refractivity contribution in [1.29, 1.82) is 0 Å². The van der Waals surface area contributed by atoms with Crippen molar-refractivity contribution >= 4 is 106 Å². The molecule has 5 amide bonds. The quantitative estimate of drug-likeness (QED) is 0.0101. The van der Waals surface area contributed by atoms with Gasteiger partial charge in [-0.05, 0) is 146 Å². The summed E-state index contributed by atoms with van der Waals surface area (Å²) in [7, 11) is -9.03. The van der Waals surface area contributed by atoms with Crippen molar-refractivity contribution in [3.8, 4) is 28.1 Å². The molecular formula is C77H87N9O24S3. The largest absolute Gasteiger partial charge is 0.479 e. The molecule has 7 aliphatic rings. The summed E-state index contributed by atoms with van der Waals surface area (Å²) in [4.78, 5) is 118. The van der Waals surface area contributed by atoms with Gasteiger partial charge in [-0.3, -0.25) is 48.1 Å². The van der Waals surface area contributed by atoms with E-state index in [0.717, 1.165) is 56.8 Å². The fourth-order valence-corrected chi connectivity index (χ4v) is 20.0. The topological polar surface area (TPSA) is 470 Å². The van der Waals surface area contributed by atoms with Crippen LogP contribution in [0.2, 0.25) is 0 Å². The van der Waals surface area contributed by atoms with Gasteiger partial charge in [0.25, 0.3) is 38.0 Å². The van der Waals surface area contributed by atoms with Gasteiger partial charge in [0.2, 0.25) is 12.2 Å². The molecule has 2 saturated heterocycles. The number of aromatic carboxylic acids is 1. The number of carbonyl (C=O) groups excluding carboxylic acids is 6. The fraction of sp³-hybridized carbons (Fsp3) is 0.468. The normalized spacial score (nSPS) is 26.1. The molecule has 4 saturated carbocycles. The first-order valence-electron chi connectivity index (χ1n) is 36.8. The summed E-state index contributed by atoms with van der Waals surface area (Å²) < 4.78 is 99.0. The van der Waals surface area contributed by atoms with E-state index >= 15 is 0 Å². The Kier molecular flexibility index (Phi) is 23.3. The van der Waals surface area contributed by atoms with Crippen LogP contribution in [0.5, 0.6) is 5.75 Å². The van der Waals surface area contributed by atoms with Crippen LogP contribution < -0.4 is 15.4 Å². The Bertz CT molecular complexity index is 5100. The molecule has 0 radical (unpaired) electrons. The molecule has 6 heterocycles. The van der Waals surface area contributed by atoms with Crippen LogP contribution in [-0.4, -0.2) is 246 Å². The molecule has 2 unspecified atom stereocenters. The number of aldehydes is 1. The average molecular weight is 1620 g/mol. The number of para-hydroxylation sites is 1. The van der Waals surface area contributed by atoms with Gasteiger partial charge in [-0.2, -0.15) is 21.9 Å². The van der Waals surface area contributed by atoms with Gasteiger partial charge in [0.1, 0.15) is 42.5 Å². The minimum absolute atomic E-state index is 0.0955. The summed E-state index contributed by atoms with van der Waals surface area (Å²) in [5, 5.41) is 65.4. The zero-order valence-corrected chi connectivity index (χ0v) is 64.4. The van der Waals surface area contributed by atoms with E-state index < -0.39 is 135 Å². The highest BCUT2D eigenvalue weighted by Crippen LogP contribution is 2.72. The van der Waals surface area contributed by atoms with E-state index in [9.17, 15) is 89.8 Å². The molecule has 14 rings (SSSR count).